The van der Waals surface area contributed by atoms with Crippen LogP contribution in [0.5, 0.6) is 0 Å². The molecule has 1 aliphatic heterocycles. The molecular formula is C16H33N5O2. The summed E-state index contributed by atoms with van der Waals surface area (Å²) in [6, 6.07) is 0. The fraction of sp³-hybridized carbons (Fsp3) is 0.875. The van der Waals surface area contributed by atoms with Crippen molar-refractivity contribution in [2.24, 2.45) is 10.9 Å². The molecule has 0 saturated carbocycles. The highest BCUT2D eigenvalue weighted by molar-refractivity contribution is 5.86. The van der Waals surface area contributed by atoms with Gasteiger partial charge < -0.3 is 20.7 Å². The van der Waals surface area contributed by atoms with Crippen LogP contribution in [-0.4, -0.2) is 75.8 Å². The van der Waals surface area contributed by atoms with Gasteiger partial charge in [0.25, 0.3) is 0 Å². The molecule has 1 heterocycles. The predicted molar refractivity (Wildman–Crippen MR) is 93.7 cm³/mol. The van der Waals surface area contributed by atoms with Crippen molar-refractivity contribution in [3.05, 3.63) is 0 Å². The first-order chi connectivity index (χ1) is 11.0. The van der Waals surface area contributed by atoms with Crippen LogP contribution in [0.15, 0.2) is 4.99 Å². The number of amides is 1. The normalized spacial score (nSPS) is 19.7. The van der Waals surface area contributed by atoms with Gasteiger partial charge in [-0.1, -0.05) is 20.8 Å². The molecule has 1 unspecified atom stereocenters. The third-order valence-electron chi connectivity index (χ3n) is 3.56. The van der Waals surface area contributed by atoms with Gasteiger partial charge >= 0.3 is 0 Å². The molecule has 0 aliphatic carbocycles. The van der Waals surface area contributed by atoms with Crippen molar-refractivity contribution in [2.45, 2.75) is 33.3 Å². The highest BCUT2D eigenvalue weighted by Crippen LogP contribution is 2.07. The number of guanidine groups is 1. The Bertz CT molecular complexity index is 373. The highest BCUT2D eigenvalue weighted by Gasteiger charge is 2.21. The van der Waals surface area contributed by atoms with Crippen molar-refractivity contribution in [1.82, 2.24) is 20.9 Å². The quantitative estimate of drug-likeness (QED) is 0.433. The average Bonchev–Trinajstić information content (AvgIpc) is 2.52. The van der Waals surface area contributed by atoms with Crippen LogP contribution < -0.4 is 16.0 Å². The van der Waals surface area contributed by atoms with Crippen molar-refractivity contribution in [1.29, 1.82) is 0 Å². The van der Waals surface area contributed by atoms with Gasteiger partial charge in [-0.2, -0.15) is 0 Å². The first-order valence-electron chi connectivity index (χ1n) is 8.60. The third-order valence-corrected chi connectivity index (χ3v) is 3.56. The SMILES string of the molecule is CCCNC(=O)CNC(=NC)NCC1CN(CC(C)C)CCO1. The molecule has 0 aromatic rings. The Morgan fingerprint density at radius 3 is 2.78 bits per heavy atom. The molecule has 0 radical (unpaired) electrons. The predicted octanol–water partition coefficient (Wildman–Crippen LogP) is 0.0344. The van der Waals surface area contributed by atoms with Gasteiger partial charge in [-0.15, -0.1) is 0 Å². The first-order valence-corrected chi connectivity index (χ1v) is 8.60. The van der Waals surface area contributed by atoms with Gasteiger partial charge in [0.15, 0.2) is 5.96 Å². The Balaban J connectivity index is 2.27. The number of carbonyl (C=O) groups is 1. The molecule has 7 nitrogen and oxygen atoms in total. The maximum atomic E-state index is 11.6. The second-order valence-corrected chi connectivity index (χ2v) is 6.30. The molecule has 134 valence electrons. The summed E-state index contributed by atoms with van der Waals surface area (Å²) < 4.78 is 5.80. The van der Waals surface area contributed by atoms with E-state index in [-0.39, 0.29) is 18.6 Å². The third kappa shape index (κ3) is 8.76. The van der Waals surface area contributed by atoms with Crippen molar-refractivity contribution in [2.75, 3.05) is 52.9 Å². The van der Waals surface area contributed by atoms with E-state index in [1.54, 1.807) is 7.05 Å². The number of morpholine rings is 1. The Hall–Kier alpha value is -1.34. The van der Waals surface area contributed by atoms with E-state index in [0.29, 0.717) is 25.0 Å². The van der Waals surface area contributed by atoms with Crippen LogP contribution in [0.1, 0.15) is 27.2 Å². The first kappa shape index (κ1) is 19.7. The number of hydrogen-bond acceptors (Lipinski definition) is 4. The minimum Gasteiger partial charge on any atom is -0.374 e. The maximum Gasteiger partial charge on any atom is 0.239 e. The molecule has 0 spiro atoms. The van der Waals surface area contributed by atoms with E-state index >= 15 is 0 Å². The van der Waals surface area contributed by atoms with Crippen molar-refractivity contribution in [3.8, 4) is 0 Å². The lowest BCUT2D eigenvalue weighted by atomic mass is 10.2. The molecule has 0 bridgehead atoms. The Morgan fingerprint density at radius 1 is 1.35 bits per heavy atom. The van der Waals surface area contributed by atoms with Crippen LogP contribution >= 0.6 is 0 Å². The Labute approximate surface area is 140 Å². The van der Waals surface area contributed by atoms with Crippen LogP contribution in [0.25, 0.3) is 0 Å². The van der Waals surface area contributed by atoms with Gasteiger partial charge in [-0.25, -0.2) is 0 Å². The van der Waals surface area contributed by atoms with E-state index in [2.05, 4.69) is 39.7 Å². The number of aliphatic imine (C=N–C) groups is 1. The molecule has 1 saturated heterocycles. The van der Waals surface area contributed by atoms with Crippen LogP contribution in [0.4, 0.5) is 0 Å². The van der Waals surface area contributed by atoms with E-state index in [1.807, 2.05) is 6.92 Å². The molecule has 0 aromatic heterocycles. The summed E-state index contributed by atoms with van der Waals surface area (Å²) in [5.41, 5.74) is 0. The van der Waals surface area contributed by atoms with Crippen molar-refractivity contribution < 1.29 is 9.53 Å². The fourth-order valence-electron chi connectivity index (χ4n) is 2.51. The lowest BCUT2D eigenvalue weighted by molar-refractivity contribution is -0.120. The number of carbonyl (C=O) groups excluding carboxylic acids is 1. The topological polar surface area (TPSA) is 78.0 Å². The summed E-state index contributed by atoms with van der Waals surface area (Å²) >= 11 is 0. The van der Waals surface area contributed by atoms with Crippen LogP contribution in [-0.2, 0) is 9.53 Å². The largest absolute Gasteiger partial charge is 0.374 e. The average molecular weight is 327 g/mol. The van der Waals surface area contributed by atoms with Gasteiger partial charge in [0.1, 0.15) is 0 Å². The summed E-state index contributed by atoms with van der Waals surface area (Å²) in [7, 11) is 1.70. The van der Waals surface area contributed by atoms with E-state index in [1.165, 1.54) is 0 Å². The van der Waals surface area contributed by atoms with Gasteiger partial charge in [0.05, 0.1) is 19.3 Å². The van der Waals surface area contributed by atoms with E-state index in [9.17, 15) is 4.79 Å². The maximum absolute atomic E-state index is 11.6. The van der Waals surface area contributed by atoms with Crippen LogP contribution in [0, 0.1) is 5.92 Å². The molecule has 0 aromatic carbocycles. The molecule has 23 heavy (non-hydrogen) atoms. The Morgan fingerprint density at radius 2 is 2.13 bits per heavy atom. The van der Waals surface area contributed by atoms with Crippen molar-refractivity contribution >= 4 is 11.9 Å². The van der Waals surface area contributed by atoms with Gasteiger partial charge in [0, 0.05) is 39.8 Å². The zero-order valence-corrected chi connectivity index (χ0v) is 15.0. The molecule has 1 fully saturated rings. The monoisotopic (exact) mass is 327 g/mol. The molecule has 1 atom stereocenters. The van der Waals surface area contributed by atoms with Gasteiger partial charge in [-0.05, 0) is 12.3 Å². The fourth-order valence-corrected chi connectivity index (χ4v) is 2.51. The molecule has 3 N–H and O–H groups in total. The van der Waals surface area contributed by atoms with Gasteiger partial charge in [0.2, 0.25) is 5.91 Å². The number of nitrogens with zero attached hydrogens (tertiary/aromatic N) is 2. The summed E-state index contributed by atoms with van der Waals surface area (Å²) in [6.45, 7) is 11.9. The van der Waals surface area contributed by atoms with Gasteiger partial charge in [-0.3, -0.25) is 14.7 Å². The summed E-state index contributed by atoms with van der Waals surface area (Å²) in [5.74, 6) is 1.27. The Kier molecular flexibility index (Phi) is 9.63. The lowest BCUT2D eigenvalue weighted by Crippen LogP contribution is -2.51. The minimum atomic E-state index is -0.0215. The second-order valence-electron chi connectivity index (χ2n) is 6.30. The van der Waals surface area contributed by atoms with Crippen LogP contribution in [0.3, 0.4) is 0 Å². The van der Waals surface area contributed by atoms with Crippen molar-refractivity contribution in [3.63, 3.8) is 0 Å². The summed E-state index contributed by atoms with van der Waals surface area (Å²) in [5, 5.41) is 9.08. The number of rotatable bonds is 8. The molecule has 7 heteroatoms. The van der Waals surface area contributed by atoms with E-state index < -0.39 is 0 Å². The van der Waals surface area contributed by atoms with E-state index in [0.717, 1.165) is 32.7 Å². The van der Waals surface area contributed by atoms with Crippen LogP contribution in [0.2, 0.25) is 0 Å². The standard InChI is InChI=1S/C16H33N5O2/c1-5-6-18-15(22)10-20-16(17-4)19-9-14-12-21(7-8-23-14)11-13(2)3/h13-14H,5-12H2,1-4H3,(H,18,22)(H2,17,19,20). The molecule has 1 rings (SSSR count). The molecule has 1 aliphatic rings. The minimum absolute atomic E-state index is 0.0215. The highest BCUT2D eigenvalue weighted by atomic mass is 16.5. The zero-order chi connectivity index (χ0) is 17.1. The summed E-state index contributed by atoms with van der Waals surface area (Å²) in [4.78, 5) is 18.2. The second kappa shape index (κ2) is 11.2. The number of nitrogens with one attached hydrogen (secondary N) is 3. The van der Waals surface area contributed by atoms with E-state index in [4.69, 9.17) is 4.74 Å². The number of ether oxygens (including phenoxy) is 1. The smallest absolute Gasteiger partial charge is 0.239 e. The zero-order valence-electron chi connectivity index (χ0n) is 15.0. The number of hydrogen-bond donors (Lipinski definition) is 3. The molecular weight excluding hydrogens is 294 g/mol. The summed E-state index contributed by atoms with van der Waals surface area (Å²) in [6.07, 6.45) is 1.08. The molecule has 1 amide bonds. The lowest BCUT2D eigenvalue weighted by Gasteiger charge is -2.34.